The van der Waals surface area contributed by atoms with E-state index in [0.29, 0.717) is 20.3 Å². The number of likely N-dealkylation sites (N-methyl/N-ethyl adjacent to an activating group) is 1. The Morgan fingerprint density at radius 1 is 1.23 bits per heavy atom. The highest BCUT2D eigenvalue weighted by Crippen LogP contribution is 2.24. The Morgan fingerprint density at radius 2 is 1.96 bits per heavy atom. The van der Waals surface area contributed by atoms with Crippen molar-refractivity contribution in [3.8, 4) is 0 Å². The fourth-order valence-corrected chi connectivity index (χ4v) is 2.26. The van der Waals surface area contributed by atoms with Gasteiger partial charge in [-0.15, -0.1) is 0 Å². The Kier molecular flexibility index (Phi) is 6.56. The summed E-state index contributed by atoms with van der Waals surface area (Å²) in [6, 6.07) is 0.997. The van der Waals surface area contributed by atoms with E-state index in [-0.39, 0.29) is 17.8 Å². The lowest BCUT2D eigenvalue weighted by molar-refractivity contribution is -0.139. The Hall–Kier alpha value is -2.62. The molecule has 1 aromatic carbocycles. The molecule has 137 valence electrons. The van der Waals surface area contributed by atoms with Crippen molar-refractivity contribution in [1.29, 1.82) is 0 Å². The number of hydrogen-bond acceptors (Lipinski definition) is 5. The third-order valence-electron chi connectivity index (χ3n) is 3.44. The summed E-state index contributed by atoms with van der Waals surface area (Å²) in [4.78, 5) is 27.3. The van der Waals surface area contributed by atoms with Crippen LogP contribution in [-0.2, 0) is 14.2 Å². The fourth-order valence-electron chi connectivity index (χ4n) is 2.26. The summed E-state index contributed by atoms with van der Waals surface area (Å²) in [5.74, 6) is -6.60. The second-order valence-electron chi connectivity index (χ2n) is 5.61. The van der Waals surface area contributed by atoms with Crippen LogP contribution >= 0.6 is 0 Å². The highest BCUT2D eigenvalue weighted by molar-refractivity contribution is 6.49. The first-order valence-corrected chi connectivity index (χ1v) is 7.63. The maximum atomic E-state index is 14.0. The third kappa shape index (κ3) is 4.95. The molecule has 0 bridgehead atoms. The largest absolute Gasteiger partial charge is 0.532 e. The second-order valence-corrected chi connectivity index (χ2v) is 5.61. The first-order chi connectivity index (χ1) is 12.3. The molecule has 1 aliphatic heterocycles. The van der Waals surface area contributed by atoms with E-state index in [0.717, 1.165) is 11.0 Å². The number of halogens is 3. The molecule has 10 heteroatoms. The van der Waals surface area contributed by atoms with E-state index in [4.69, 9.17) is 9.76 Å². The van der Waals surface area contributed by atoms with Gasteiger partial charge in [0.25, 0.3) is 0 Å². The number of carbonyl (C=O) groups excluding carboxylic acids is 1. The number of aliphatic imine (C=N–C) groups is 1. The molecule has 1 N–H and O–H groups in total. The standard InChI is InChI=1S/C16H15BF3N2O4/c1-22(7-12(23)24)8-13(25)26-17-10-6-9(11-4-2-3-5-21-11)14(18)16(20)15(10)19/h4-6H,2-3,7-8H2,1H3,(H,23,24). The van der Waals surface area contributed by atoms with Gasteiger partial charge in [0.05, 0.1) is 18.8 Å². The predicted octanol–water partition coefficient (Wildman–Crippen LogP) is 1.11. The zero-order valence-electron chi connectivity index (χ0n) is 13.8. The number of allylic oxidation sites excluding steroid dienone is 1. The maximum absolute atomic E-state index is 14.0. The van der Waals surface area contributed by atoms with E-state index in [1.165, 1.54) is 13.3 Å². The Morgan fingerprint density at radius 3 is 2.58 bits per heavy atom. The topological polar surface area (TPSA) is 79.2 Å². The first-order valence-electron chi connectivity index (χ1n) is 7.63. The molecule has 1 aromatic rings. The molecule has 26 heavy (non-hydrogen) atoms. The number of rotatable bonds is 7. The van der Waals surface area contributed by atoms with Gasteiger partial charge in [0.1, 0.15) is 0 Å². The molecule has 0 saturated heterocycles. The molecule has 1 heterocycles. The molecule has 0 aromatic heterocycles. The van der Waals surface area contributed by atoms with Gasteiger partial charge in [-0.25, -0.2) is 13.2 Å². The van der Waals surface area contributed by atoms with Crippen molar-refractivity contribution in [3.05, 3.63) is 35.2 Å². The minimum absolute atomic E-state index is 0.162. The van der Waals surface area contributed by atoms with Crippen LogP contribution in [0.3, 0.4) is 0 Å². The van der Waals surface area contributed by atoms with E-state index in [2.05, 4.69) is 4.99 Å². The summed E-state index contributed by atoms with van der Waals surface area (Å²) >= 11 is 0. The summed E-state index contributed by atoms with van der Waals surface area (Å²) < 4.78 is 46.5. The van der Waals surface area contributed by atoms with E-state index in [9.17, 15) is 22.8 Å². The van der Waals surface area contributed by atoms with E-state index < -0.39 is 41.4 Å². The number of benzene rings is 1. The summed E-state index contributed by atoms with van der Waals surface area (Å²) in [6.45, 7) is -0.776. The van der Waals surface area contributed by atoms with Crippen LogP contribution in [0, 0.1) is 17.5 Å². The Balaban J connectivity index is 2.13. The average Bonchev–Trinajstić information content (AvgIpc) is 2.59. The van der Waals surface area contributed by atoms with Crippen molar-refractivity contribution in [2.24, 2.45) is 4.99 Å². The fraction of sp³-hybridized carbons (Fsp3) is 0.312. The molecule has 0 saturated carbocycles. The van der Waals surface area contributed by atoms with Gasteiger partial charge in [0, 0.05) is 17.2 Å². The van der Waals surface area contributed by atoms with Crippen LogP contribution in [-0.4, -0.2) is 55.8 Å². The minimum Gasteiger partial charge on any atom is -0.532 e. The van der Waals surface area contributed by atoms with Gasteiger partial charge in [0.2, 0.25) is 0 Å². The van der Waals surface area contributed by atoms with Crippen molar-refractivity contribution >= 4 is 36.8 Å². The van der Waals surface area contributed by atoms with Gasteiger partial charge in [-0.1, -0.05) is 6.08 Å². The van der Waals surface area contributed by atoms with E-state index >= 15 is 0 Å². The maximum Gasteiger partial charge on any atom is 0.415 e. The van der Waals surface area contributed by atoms with Crippen LogP contribution in [0.2, 0.25) is 0 Å². The summed E-state index contributed by atoms with van der Waals surface area (Å²) in [6.07, 6.45) is 4.38. The number of carboxylic acid groups (broad SMARTS) is 1. The third-order valence-corrected chi connectivity index (χ3v) is 3.44. The van der Waals surface area contributed by atoms with Crippen LogP contribution in [0.4, 0.5) is 13.2 Å². The zero-order chi connectivity index (χ0) is 19.3. The van der Waals surface area contributed by atoms with Crippen LogP contribution in [0.5, 0.6) is 0 Å². The van der Waals surface area contributed by atoms with Crippen molar-refractivity contribution < 1.29 is 32.5 Å². The lowest BCUT2D eigenvalue weighted by Crippen LogP contribution is -2.34. The first kappa shape index (κ1) is 19.7. The Bertz CT molecular complexity index is 783. The number of nitrogens with zero attached hydrogens (tertiary/aromatic N) is 2. The number of hydrogen-bond donors (Lipinski definition) is 1. The number of carboxylic acids is 1. The van der Waals surface area contributed by atoms with Gasteiger partial charge in [0.15, 0.2) is 17.5 Å². The smallest absolute Gasteiger partial charge is 0.415 e. The minimum atomic E-state index is -1.70. The van der Waals surface area contributed by atoms with Crippen molar-refractivity contribution in [1.82, 2.24) is 4.90 Å². The number of aliphatic carboxylic acids is 1. The normalized spacial score (nSPS) is 13.5. The molecule has 0 fully saturated rings. The highest BCUT2D eigenvalue weighted by atomic mass is 19.2. The molecule has 0 spiro atoms. The number of carbonyl (C=O) groups is 2. The Labute approximate surface area is 148 Å². The summed E-state index contributed by atoms with van der Waals surface area (Å²) in [5.41, 5.74) is -0.547. The quantitative estimate of drug-likeness (QED) is 0.577. The second kappa shape index (κ2) is 8.66. The van der Waals surface area contributed by atoms with E-state index in [1.807, 2.05) is 0 Å². The van der Waals surface area contributed by atoms with Crippen LogP contribution in [0.25, 0.3) is 5.70 Å². The van der Waals surface area contributed by atoms with Crippen LogP contribution in [0.1, 0.15) is 18.4 Å². The van der Waals surface area contributed by atoms with Crippen LogP contribution in [0.15, 0.2) is 17.1 Å². The van der Waals surface area contributed by atoms with E-state index in [1.54, 1.807) is 6.08 Å². The van der Waals surface area contributed by atoms with Gasteiger partial charge in [-0.3, -0.25) is 19.5 Å². The van der Waals surface area contributed by atoms with Crippen molar-refractivity contribution in [2.75, 3.05) is 20.1 Å². The highest BCUT2D eigenvalue weighted by Gasteiger charge is 2.23. The van der Waals surface area contributed by atoms with Gasteiger partial charge < -0.3 is 9.76 Å². The van der Waals surface area contributed by atoms with Gasteiger partial charge >= 0.3 is 19.4 Å². The summed E-state index contributed by atoms with van der Waals surface area (Å²) in [5, 5.41) is 8.61. The van der Waals surface area contributed by atoms with Crippen molar-refractivity contribution in [2.45, 2.75) is 12.8 Å². The van der Waals surface area contributed by atoms with Gasteiger partial charge in [-0.2, -0.15) is 0 Å². The molecular formula is C16H15BF3N2O4. The zero-order valence-corrected chi connectivity index (χ0v) is 13.8. The SMILES string of the molecule is CN(CC(=O)O)CC(=O)O[B]c1cc(C2=CCCC=N2)c(F)c(F)c1F. The molecular weight excluding hydrogens is 352 g/mol. The van der Waals surface area contributed by atoms with Crippen molar-refractivity contribution in [3.63, 3.8) is 0 Å². The monoisotopic (exact) mass is 367 g/mol. The molecule has 0 unspecified atom stereocenters. The molecule has 0 aliphatic carbocycles. The predicted molar refractivity (Wildman–Crippen MR) is 88.6 cm³/mol. The molecule has 0 atom stereocenters. The lowest BCUT2D eigenvalue weighted by Gasteiger charge is -2.14. The molecule has 6 nitrogen and oxygen atoms in total. The lowest BCUT2D eigenvalue weighted by atomic mass is 9.85. The van der Waals surface area contributed by atoms with Crippen LogP contribution < -0.4 is 5.46 Å². The molecule has 2 rings (SSSR count). The summed E-state index contributed by atoms with van der Waals surface area (Å²) in [7, 11) is 2.03. The molecule has 0 amide bonds. The van der Waals surface area contributed by atoms with Gasteiger partial charge in [-0.05, 0) is 26.0 Å². The molecule has 1 aliphatic rings. The molecule has 1 radical (unpaired) electrons. The average molecular weight is 367 g/mol.